The third-order valence-corrected chi connectivity index (χ3v) is 5.16. The largest absolute Gasteiger partial charge is 0.469 e. The number of methoxy groups -OCH3 is 1. The summed E-state index contributed by atoms with van der Waals surface area (Å²) >= 11 is 1.70. The summed E-state index contributed by atoms with van der Waals surface area (Å²) in [5, 5.41) is 4.38. The van der Waals surface area contributed by atoms with E-state index < -0.39 is 0 Å². The van der Waals surface area contributed by atoms with Crippen LogP contribution >= 0.6 is 11.3 Å². The number of rotatable bonds is 4. The quantitative estimate of drug-likeness (QED) is 0.517. The number of aryl methyl sites for hydroxylation is 2. The summed E-state index contributed by atoms with van der Waals surface area (Å²) < 4.78 is 4.84. The number of carbonyl (C=O) groups is 1. The van der Waals surface area contributed by atoms with Crippen molar-refractivity contribution < 1.29 is 9.53 Å². The maximum absolute atomic E-state index is 11.6. The molecule has 2 rings (SSSR count). The average Bonchev–Trinajstić information content (AvgIpc) is 2.89. The fourth-order valence-corrected chi connectivity index (χ4v) is 3.53. The number of piperidine rings is 1. The van der Waals surface area contributed by atoms with Crippen LogP contribution in [0, 0.1) is 19.8 Å². The number of carbonyl (C=O) groups excluding carboxylic acids is 1. The highest BCUT2D eigenvalue weighted by atomic mass is 32.1. The number of likely N-dealkylation sites (tertiary alicyclic amines) is 1. The van der Waals surface area contributed by atoms with E-state index in [0.29, 0.717) is 6.54 Å². The van der Waals surface area contributed by atoms with E-state index in [2.05, 4.69) is 29.0 Å². The van der Waals surface area contributed by atoms with Crippen molar-refractivity contribution in [3.8, 4) is 0 Å². The highest BCUT2D eigenvalue weighted by Gasteiger charge is 2.26. The lowest BCUT2D eigenvalue weighted by molar-refractivity contribution is -0.146. The molecule has 1 fully saturated rings. The van der Waals surface area contributed by atoms with E-state index in [1.165, 1.54) is 12.0 Å². The van der Waals surface area contributed by atoms with E-state index in [1.807, 2.05) is 6.92 Å². The van der Waals surface area contributed by atoms with Crippen LogP contribution in [0.3, 0.4) is 0 Å². The molecular weight excluding hydrogens is 312 g/mol. The molecule has 1 N–H and O–H groups in total. The molecule has 0 saturated carbocycles. The van der Waals surface area contributed by atoms with Gasteiger partial charge in [0.2, 0.25) is 0 Å². The lowest BCUT2D eigenvalue weighted by atomic mass is 9.97. The number of ether oxygens (including phenoxy) is 1. The third-order valence-electron chi connectivity index (χ3n) is 4.10. The third kappa shape index (κ3) is 4.67. The predicted molar refractivity (Wildman–Crippen MR) is 92.7 cm³/mol. The summed E-state index contributed by atoms with van der Waals surface area (Å²) in [4.78, 5) is 24.3. The lowest BCUT2D eigenvalue weighted by Crippen LogP contribution is -2.46. The molecule has 0 aromatic carbocycles. The van der Waals surface area contributed by atoms with Crippen LogP contribution in [0.25, 0.3) is 0 Å². The number of aliphatic imine (C=N–C) groups is 1. The Bertz CT molecular complexity index is 543. The number of aromatic nitrogens is 1. The van der Waals surface area contributed by atoms with Crippen molar-refractivity contribution in [3.05, 3.63) is 15.6 Å². The van der Waals surface area contributed by atoms with E-state index in [9.17, 15) is 4.79 Å². The number of hydrogen-bond acceptors (Lipinski definition) is 5. The molecule has 0 bridgehead atoms. The summed E-state index contributed by atoms with van der Waals surface area (Å²) in [5.41, 5.74) is 1.09. The topological polar surface area (TPSA) is 66.8 Å². The molecule has 0 radical (unpaired) electrons. The average molecular weight is 338 g/mol. The van der Waals surface area contributed by atoms with E-state index in [0.717, 1.165) is 49.1 Å². The van der Waals surface area contributed by atoms with E-state index in [4.69, 9.17) is 9.73 Å². The molecule has 7 heteroatoms. The number of hydrogen-bond donors (Lipinski definition) is 1. The number of guanidine groups is 1. The molecule has 1 aromatic rings. The Labute approximate surface area is 142 Å². The summed E-state index contributed by atoms with van der Waals surface area (Å²) in [6, 6.07) is 0. The van der Waals surface area contributed by atoms with E-state index in [1.54, 1.807) is 11.3 Å². The smallest absolute Gasteiger partial charge is 0.308 e. The highest BCUT2D eigenvalue weighted by molar-refractivity contribution is 7.11. The maximum Gasteiger partial charge on any atom is 0.308 e. The fourth-order valence-electron chi connectivity index (χ4n) is 2.67. The van der Waals surface area contributed by atoms with Crippen LogP contribution in [0.5, 0.6) is 0 Å². The van der Waals surface area contributed by atoms with Gasteiger partial charge in [-0.05, 0) is 33.6 Å². The molecule has 6 nitrogen and oxygen atoms in total. The molecule has 1 aliphatic rings. The molecular formula is C16H26N4O2S. The summed E-state index contributed by atoms with van der Waals surface area (Å²) in [6.07, 6.45) is 1.62. The number of esters is 1. The van der Waals surface area contributed by atoms with Crippen LogP contribution in [0.15, 0.2) is 4.99 Å². The first-order valence-electron chi connectivity index (χ1n) is 8.09. The summed E-state index contributed by atoms with van der Waals surface area (Å²) in [5.74, 6) is 0.824. The van der Waals surface area contributed by atoms with Gasteiger partial charge in [-0.25, -0.2) is 9.98 Å². The first-order chi connectivity index (χ1) is 11.0. The standard InChI is InChI=1S/C16H26N4O2S/c1-5-17-16(18-10-14-19-11(2)12(3)23-14)20-8-6-13(7-9-20)15(21)22-4/h13H,5-10H2,1-4H3,(H,17,18). The van der Waals surface area contributed by atoms with Crippen molar-refractivity contribution in [2.24, 2.45) is 10.9 Å². The van der Waals surface area contributed by atoms with E-state index in [-0.39, 0.29) is 11.9 Å². The van der Waals surface area contributed by atoms with Gasteiger partial charge in [0.25, 0.3) is 0 Å². The number of thiazole rings is 1. The molecule has 1 aliphatic heterocycles. The minimum Gasteiger partial charge on any atom is -0.469 e. The van der Waals surface area contributed by atoms with Gasteiger partial charge in [-0.3, -0.25) is 4.79 Å². The van der Waals surface area contributed by atoms with Crippen molar-refractivity contribution in [3.63, 3.8) is 0 Å². The van der Waals surface area contributed by atoms with Gasteiger partial charge >= 0.3 is 5.97 Å². The fraction of sp³-hybridized carbons (Fsp3) is 0.688. The molecule has 0 atom stereocenters. The van der Waals surface area contributed by atoms with Crippen LogP contribution < -0.4 is 5.32 Å². The van der Waals surface area contributed by atoms with Gasteiger partial charge in [-0.1, -0.05) is 0 Å². The molecule has 1 saturated heterocycles. The Morgan fingerprint density at radius 2 is 2.13 bits per heavy atom. The monoisotopic (exact) mass is 338 g/mol. The molecule has 0 amide bonds. The molecule has 0 unspecified atom stereocenters. The Morgan fingerprint density at radius 1 is 1.43 bits per heavy atom. The highest BCUT2D eigenvalue weighted by Crippen LogP contribution is 2.20. The van der Waals surface area contributed by atoms with Gasteiger partial charge in [-0.2, -0.15) is 0 Å². The van der Waals surface area contributed by atoms with Crippen LogP contribution in [-0.4, -0.2) is 48.6 Å². The van der Waals surface area contributed by atoms with Gasteiger partial charge in [0, 0.05) is 24.5 Å². The van der Waals surface area contributed by atoms with Crippen LogP contribution in [-0.2, 0) is 16.1 Å². The molecule has 23 heavy (non-hydrogen) atoms. The Balaban J connectivity index is 1.98. The lowest BCUT2D eigenvalue weighted by Gasteiger charge is -2.33. The molecule has 2 heterocycles. The predicted octanol–water partition coefficient (Wildman–Crippen LogP) is 2.11. The Kier molecular flexibility index (Phi) is 6.38. The van der Waals surface area contributed by atoms with Gasteiger partial charge in [-0.15, -0.1) is 11.3 Å². The second-order valence-corrected chi connectivity index (χ2v) is 6.99. The van der Waals surface area contributed by atoms with Crippen molar-refractivity contribution in [2.75, 3.05) is 26.7 Å². The second-order valence-electron chi connectivity index (χ2n) is 5.70. The summed E-state index contributed by atoms with van der Waals surface area (Å²) in [6.45, 7) is 9.24. The Hall–Kier alpha value is -1.63. The van der Waals surface area contributed by atoms with Crippen molar-refractivity contribution in [2.45, 2.75) is 40.2 Å². The summed E-state index contributed by atoms with van der Waals surface area (Å²) in [7, 11) is 1.46. The van der Waals surface area contributed by atoms with Gasteiger partial charge in [0.1, 0.15) is 5.01 Å². The van der Waals surface area contributed by atoms with Crippen molar-refractivity contribution >= 4 is 23.3 Å². The number of nitrogens with one attached hydrogen (secondary N) is 1. The van der Waals surface area contributed by atoms with Gasteiger partial charge < -0.3 is 15.0 Å². The zero-order valence-corrected chi connectivity index (χ0v) is 15.2. The van der Waals surface area contributed by atoms with E-state index >= 15 is 0 Å². The van der Waals surface area contributed by atoms with Crippen LogP contribution in [0.4, 0.5) is 0 Å². The minimum absolute atomic E-state index is 0.0170. The normalized spacial score (nSPS) is 16.5. The van der Waals surface area contributed by atoms with Gasteiger partial charge in [0.05, 0.1) is 25.3 Å². The SMILES string of the molecule is CCNC(=NCc1nc(C)c(C)s1)N1CCC(C(=O)OC)CC1. The van der Waals surface area contributed by atoms with Crippen molar-refractivity contribution in [1.29, 1.82) is 0 Å². The Morgan fingerprint density at radius 3 is 2.65 bits per heavy atom. The van der Waals surface area contributed by atoms with Crippen LogP contribution in [0.1, 0.15) is 35.3 Å². The molecule has 0 spiro atoms. The number of nitrogens with zero attached hydrogens (tertiary/aromatic N) is 3. The minimum atomic E-state index is -0.0969. The second kappa shape index (κ2) is 8.29. The molecule has 128 valence electrons. The zero-order valence-electron chi connectivity index (χ0n) is 14.4. The first kappa shape index (κ1) is 17.7. The maximum atomic E-state index is 11.6. The van der Waals surface area contributed by atoms with Crippen LogP contribution in [0.2, 0.25) is 0 Å². The van der Waals surface area contributed by atoms with Crippen molar-refractivity contribution in [1.82, 2.24) is 15.2 Å². The zero-order chi connectivity index (χ0) is 16.8. The molecule has 1 aromatic heterocycles. The molecule has 0 aliphatic carbocycles. The van der Waals surface area contributed by atoms with Gasteiger partial charge in [0.15, 0.2) is 5.96 Å². The first-order valence-corrected chi connectivity index (χ1v) is 8.90.